The zero-order valence-corrected chi connectivity index (χ0v) is 9.29. The fraction of sp³-hybridized carbons (Fsp3) is 0.364. The molecule has 0 amide bonds. The van der Waals surface area contributed by atoms with Gasteiger partial charge in [-0.25, -0.2) is 4.98 Å². The summed E-state index contributed by atoms with van der Waals surface area (Å²) in [6, 6.07) is 1.75. The largest absolute Gasteiger partial charge is 0.389 e. The Balaban J connectivity index is 2.17. The Kier molecular flexibility index (Phi) is 3.23. The summed E-state index contributed by atoms with van der Waals surface area (Å²) in [4.78, 5) is 3.89. The van der Waals surface area contributed by atoms with Crippen LogP contribution in [0.15, 0.2) is 30.9 Å². The molecular weight excluding hydrogens is 228 g/mol. The monoisotopic (exact) mass is 241 g/mol. The second-order valence-electron chi connectivity index (χ2n) is 3.82. The molecule has 1 unspecified atom stereocenters. The van der Waals surface area contributed by atoms with E-state index in [1.54, 1.807) is 30.0 Å². The number of alkyl halides is 2. The number of imidazole rings is 1. The molecule has 0 aliphatic rings. The highest BCUT2D eigenvalue weighted by Crippen LogP contribution is 2.16. The van der Waals surface area contributed by atoms with E-state index in [-0.39, 0.29) is 12.4 Å². The summed E-state index contributed by atoms with van der Waals surface area (Å²) in [6.45, 7) is -0.677. The molecule has 0 aliphatic heterocycles. The molecule has 0 fully saturated rings. The van der Waals surface area contributed by atoms with Gasteiger partial charge in [0.1, 0.15) is 5.82 Å². The molecule has 2 heterocycles. The van der Waals surface area contributed by atoms with Gasteiger partial charge in [-0.3, -0.25) is 4.57 Å². The van der Waals surface area contributed by atoms with Gasteiger partial charge in [0, 0.05) is 24.8 Å². The Labute approximate surface area is 97.1 Å². The van der Waals surface area contributed by atoms with E-state index in [0.29, 0.717) is 0 Å². The lowest BCUT2D eigenvalue weighted by Gasteiger charge is -2.07. The molecule has 1 atom stereocenters. The predicted octanol–water partition coefficient (Wildman–Crippen LogP) is 2.18. The van der Waals surface area contributed by atoms with E-state index in [0.717, 1.165) is 10.1 Å². The molecule has 0 bridgehead atoms. The minimum absolute atomic E-state index is 0.254. The van der Waals surface area contributed by atoms with Crippen LogP contribution in [0, 0.1) is 0 Å². The van der Waals surface area contributed by atoms with Crippen LogP contribution in [-0.2, 0) is 6.54 Å². The Bertz CT molecular complexity index is 490. The highest BCUT2D eigenvalue weighted by atomic mass is 19.3. The van der Waals surface area contributed by atoms with Gasteiger partial charge in [0.05, 0.1) is 12.6 Å². The molecule has 17 heavy (non-hydrogen) atoms. The molecule has 6 heteroatoms. The van der Waals surface area contributed by atoms with Gasteiger partial charge in [-0.05, 0) is 18.6 Å². The molecule has 0 aliphatic carbocycles. The van der Waals surface area contributed by atoms with Gasteiger partial charge >= 0.3 is 6.55 Å². The van der Waals surface area contributed by atoms with Crippen LogP contribution in [-0.4, -0.2) is 19.2 Å². The van der Waals surface area contributed by atoms with Crippen LogP contribution in [0.1, 0.15) is 31.0 Å². The van der Waals surface area contributed by atoms with Crippen molar-refractivity contribution in [1.82, 2.24) is 14.1 Å². The molecular formula is C11H13F2N3O. The minimum Gasteiger partial charge on any atom is -0.389 e. The van der Waals surface area contributed by atoms with E-state index < -0.39 is 12.7 Å². The molecule has 4 nitrogen and oxygen atoms in total. The number of aromatic nitrogens is 3. The van der Waals surface area contributed by atoms with E-state index in [1.165, 1.54) is 12.4 Å². The van der Waals surface area contributed by atoms with E-state index in [1.807, 2.05) is 0 Å². The average molecular weight is 241 g/mol. The minimum atomic E-state index is -2.58. The number of hydrogen-bond donors (Lipinski definition) is 1. The van der Waals surface area contributed by atoms with Crippen LogP contribution >= 0.6 is 0 Å². The fourth-order valence-corrected chi connectivity index (χ4v) is 1.61. The first-order chi connectivity index (χ1) is 8.08. The van der Waals surface area contributed by atoms with Crippen molar-refractivity contribution < 1.29 is 13.9 Å². The maximum atomic E-state index is 12.6. The van der Waals surface area contributed by atoms with Crippen molar-refractivity contribution >= 4 is 0 Å². The normalized spacial score (nSPS) is 13.2. The van der Waals surface area contributed by atoms with Crippen LogP contribution < -0.4 is 0 Å². The van der Waals surface area contributed by atoms with E-state index in [9.17, 15) is 13.9 Å². The number of aliphatic hydroxyl groups excluding tert-OH is 1. The molecule has 2 aromatic rings. The van der Waals surface area contributed by atoms with Crippen molar-refractivity contribution in [3.63, 3.8) is 0 Å². The molecule has 92 valence electrons. The van der Waals surface area contributed by atoms with Crippen LogP contribution in [0.5, 0.6) is 0 Å². The van der Waals surface area contributed by atoms with Gasteiger partial charge in [0.2, 0.25) is 0 Å². The van der Waals surface area contributed by atoms with E-state index in [2.05, 4.69) is 4.98 Å². The zero-order valence-electron chi connectivity index (χ0n) is 9.29. The lowest BCUT2D eigenvalue weighted by molar-refractivity contribution is 0.0667. The van der Waals surface area contributed by atoms with Crippen molar-refractivity contribution in [2.24, 2.45) is 0 Å². The molecule has 0 saturated heterocycles. The fourth-order valence-electron chi connectivity index (χ4n) is 1.61. The van der Waals surface area contributed by atoms with Crippen LogP contribution in [0.4, 0.5) is 8.78 Å². The first-order valence-electron chi connectivity index (χ1n) is 5.21. The maximum absolute atomic E-state index is 12.6. The SMILES string of the molecule is CC(O)c1ccn(Cc2nccn2C(F)F)c1. The lowest BCUT2D eigenvalue weighted by Crippen LogP contribution is -2.07. The molecule has 0 radical (unpaired) electrons. The summed E-state index contributed by atoms with van der Waals surface area (Å²) in [7, 11) is 0. The van der Waals surface area contributed by atoms with Crippen LogP contribution in [0.3, 0.4) is 0 Å². The topological polar surface area (TPSA) is 43.0 Å². The van der Waals surface area contributed by atoms with Gasteiger partial charge < -0.3 is 9.67 Å². The van der Waals surface area contributed by atoms with Crippen LogP contribution in [0.2, 0.25) is 0 Å². The Hall–Kier alpha value is -1.69. The zero-order chi connectivity index (χ0) is 12.4. The third-order valence-electron chi connectivity index (χ3n) is 2.54. The lowest BCUT2D eigenvalue weighted by atomic mass is 10.2. The first kappa shape index (κ1) is 11.8. The maximum Gasteiger partial charge on any atom is 0.319 e. The third kappa shape index (κ3) is 2.52. The van der Waals surface area contributed by atoms with E-state index >= 15 is 0 Å². The quantitative estimate of drug-likeness (QED) is 0.891. The van der Waals surface area contributed by atoms with Crippen molar-refractivity contribution in [2.45, 2.75) is 26.1 Å². The molecule has 1 N–H and O–H groups in total. The predicted molar refractivity (Wildman–Crippen MR) is 57.6 cm³/mol. The molecule has 0 spiro atoms. The van der Waals surface area contributed by atoms with Gasteiger partial charge in [0.25, 0.3) is 0 Å². The average Bonchev–Trinajstić information content (AvgIpc) is 2.86. The van der Waals surface area contributed by atoms with Crippen molar-refractivity contribution in [3.8, 4) is 0 Å². The Morgan fingerprint density at radius 2 is 2.18 bits per heavy atom. The van der Waals surface area contributed by atoms with Crippen molar-refractivity contribution in [1.29, 1.82) is 0 Å². The Morgan fingerprint density at radius 3 is 2.76 bits per heavy atom. The summed E-state index contributed by atoms with van der Waals surface area (Å²) in [5.41, 5.74) is 0.750. The second-order valence-corrected chi connectivity index (χ2v) is 3.82. The summed E-state index contributed by atoms with van der Waals surface area (Å²) in [5, 5.41) is 9.35. The highest BCUT2D eigenvalue weighted by molar-refractivity contribution is 5.13. The first-order valence-corrected chi connectivity index (χ1v) is 5.21. The standard InChI is InChI=1S/C11H13F2N3O/c1-8(17)9-2-4-15(6-9)7-10-14-3-5-16(10)11(12)13/h2-6,8,11,17H,7H2,1H3. The summed E-state index contributed by atoms with van der Waals surface area (Å²) in [6.07, 6.45) is 5.48. The summed E-state index contributed by atoms with van der Waals surface area (Å²) in [5.74, 6) is 0.285. The van der Waals surface area contributed by atoms with Gasteiger partial charge in [0.15, 0.2) is 0 Å². The summed E-state index contributed by atoms with van der Waals surface area (Å²) < 4.78 is 27.7. The molecule has 0 saturated carbocycles. The van der Waals surface area contributed by atoms with Crippen molar-refractivity contribution in [2.75, 3.05) is 0 Å². The number of nitrogens with zero attached hydrogens (tertiary/aromatic N) is 3. The summed E-state index contributed by atoms with van der Waals surface area (Å²) >= 11 is 0. The Morgan fingerprint density at radius 1 is 1.41 bits per heavy atom. The number of halogens is 2. The number of hydrogen-bond acceptors (Lipinski definition) is 2. The van der Waals surface area contributed by atoms with Crippen LogP contribution in [0.25, 0.3) is 0 Å². The third-order valence-corrected chi connectivity index (χ3v) is 2.54. The molecule has 0 aromatic carbocycles. The van der Waals surface area contributed by atoms with Gasteiger partial charge in [-0.15, -0.1) is 0 Å². The second kappa shape index (κ2) is 4.67. The molecule has 2 rings (SSSR count). The smallest absolute Gasteiger partial charge is 0.319 e. The van der Waals surface area contributed by atoms with Gasteiger partial charge in [-0.2, -0.15) is 8.78 Å². The van der Waals surface area contributed by atoms with Gasteiger partial charge in [-0.1, -0.05) is 0 Å². The number of aliphatic hydroxyl groups is 1. The van der Waals surface area contributed by atoms with Crippen molar-refractivity contribution in [3.05, 3.63) is 42.2 Å². The van der Waals surface area contributed by atoms with E-state index in [4.69, 9.17) is 0 Å². The number of rotatable bonds is 4. The highest BCUT2D eigenvalue weighted by Gasteiger charge is 2.12. The molecule has 2 aromatic heterocycles.